The summed E-state index contributed by atoms with van der Waals surface area (Å²) in [7, 11) is 0. The topological polar surface area (TPSA) is 58.0 Å². The minimum atomic E-state index is -0.179. The quantitative estimate of drug-likeness (QED) is 0.0822. The molecule has 4 aliphatic carbocycles. The summed E-state index contributed by atoms with van der Waals surface area (Å²) in [6.45, 7) is 11.2. The third kappa shape index (κ3) is 7.86. The fraction of sp³-hybridized carbons (Fsp3) is 0.634. The van der Waals surface area contributed by atoms with E-state index in [-0.39, 0.29) is 29.1 Å². The van der Waals surface area contributed by atoms with Gasteiger partial charge in [0.25, 0.3) is 0 Å². The van der Waals surface area contributed by atoms with E-state index < -0.39 is 0 Å². The van der Waals surface area contributed by atoms with Crippen molar-refractivity contribution in [3.8, 4) is 0 Å². The zero-order valence-electron chi connectivity index (χ0n) is 28.2. The molecular weight excluding hydrogens is 557 g/mol. The molecule has 0 aromatic heterocycles. The monoisotopic (exact) mass is 613 g/mol. The maximum atomic E-state index is 13.5. The highest BCUT2D eigenvalue weighted by Gasteiger charge is 2.52. The molecule has 0 heterocycles. The van der Waals surface area contributed by atoms with Gasteiger partial charge < -0.3 is 5.41 Å². The Bertz CT molecular complexity index is 1340. The van der Waals surface area contributed by atoms with E-state index >= 15 is 0 Å². The van der Waals surface area contributed by atoms with E-state index in [9.17, 15) is 14.0 Å². The van der Waals surface area contributed by atoms with Gasteiger partial charge in [0.1, 0.15) is 0 Å². The number of nitrogens with one attached hydrogen (secondary N) is 1. The van der Waals surface area contributed by atoms with Gasteiger partial charge in [-0.1, -0.05) is 75.6 Å². The number of carbonyl (C=O) groups is 2. The van der Waals surface area contributed by atoms with Crippen molar-refractivity contribution in [3.05, 3.63) is 70.3 Å². The smallest absolute Gasteiger partial charge is 0.166 e. The molecular formula is C41H56FNO2. The average Bonchev–Trinajstić information content (AvgIpc) is 3.93. The van der Waals surface area contributed by atoms with E-state index in [1.54, 1.807) is 6.21 Å². The summed E-state index contributed by atoms with van der Waals surface area (Å²) in [6.07, 6.45) is 20.2. The first-order valence-corrected chi connectivity index (χ1v) is 18.0. The molecule has 1 aromatic rings. The highest BCUT2D eigenvalue weighted by Crippen LogP contribution is 2.59. The van der Waals surface area contributed by atoms with Crippen LogP contribution in [-0.2, 0) is 21.4 Å². The second-order valence-corrected chi connectivity index (χ2v) is 15.5. The Balaban J connectivity index is 1.22. The molecule has 3 saturated carbocycles. The van der Waals surface area contributed by atoms with Crippen molar-refractivity contribution >= 4 is 17.8 Å². The lowest BCUT2D eigenvalue weighted by Crippen LogP contribution is -2.42. The number of aryl methyl sites for hydroxylation is 1. The maximum Gasteiger partial charge on any atom is 0.166 e. The highest BCUT2D eigenvalue weighted by atomic mass is 19.1. The standard InChI is InChI=1S/C41H56FNO2/c1-28(2)35-17-16-34(41(24-29(3)25-41)30(4)36-23-33(36)26-43)22-32(35)13-10-15-39(45)37-21-31(12-7-8-14-38(37)44)11-6-5-9-18-40(27-42)19-20-40/h12,16-17,21-22,26,28-29,33,36,43H,4-11,13-15,18-20,23-25,27H2,1-3H3/b31-12-,37-21+,43-26?. The number of hydrogen-bond acceptors (Lipinski definition) is 3. The first kappa shape index (κ1) is 33.7. The SMILES string of the molecule is C=C(C1CC1C=N)C1(c2ccc(C(C)C)c(CCCC(=O)/C3=C/C(CCCCCC4(CF)CC4)=C\CCCC3=O)c2)CC(C)C1. The van der Waals surface area contributed by atoms with Gasteiger partial charge in [-0.05, 0) is 129 Å². The Morgan fingerprint density at radius 1 is 1.13 bits per heavy atom. The normalized spacial score (nSPS) is 29.4. The number of alkyl halides is 1. The summed E-state index contributed by atoms with van der Waals surface area (Å²) >= 11 is 0. The molecule has 45 heavy (non-hydrogen) atoms. The molecule has 4 heteroatoms. The summed E-state index contributed by atoms with van der Waals surface area (Å²) < 4.78 is 13.2. The molecule has 244 valence electrons. The molecule has 3 fully saturated rings. The van der Waals surface area contributed by atoms with Crippen LogP contribution in [0.3, 0.4) is 0 Å². The van der Waals surface area contributed by atoms with Gasteiger partial charge >= 0.3 is 0 Å². The molecule has 2 unspecified atom stereocenters. The van der Waals surface area contributed by atoms with Gasteiger partial charge in [-0.3, -0.25) is 14.0 Å². The number of ketones is 2. The number of unbranched alkanes of at least 4 members (excludes halogenated alkanes) is 2. The van der Waals surface area contributed by atoms with Crippen LogP contribution in [0.4, 0.5) is 4.39 Å². The van der Waals surface area contributed by atoms with Crippen LogP contribution in [0.2, 0.25) is 0 Å². The van der Waals surface area contributed by atoms with Crippen molar-refractivity contribution in [2.45, 2.75) is 135 Å². The third-order valence-electron chi connectivity index (χ3n) is 11.5. The third-order valence-corrected chi connectivity index (χ3v) is 11.5. The summed E-state index contributed by atoms with van der Waals surface area (Å²) in [5.41, 5.74) is 6.86. The van der Waals surface area contributed by atoms with Gasteiger partial charge in [0, 0.05) is 24.2 Å². The Morgan fingerprint density at radius 2 is 1.91 bits per heavy atom. The van der Waals surface area contributed by atoms with Gasteiger partial charge in [0.05, 0.1) is 12.2 Å². The molecule has 1 aromatic carbocycles. The van der Waals surface area contributed by atoms with Gasteiger partial charge in [-0.25, -0.2) is 0 Å². The van der Waals surface area contributed by atoms with E-state index in [1.165, 1.54) is 22.3 Å². The molecule has 5 rings (SSSR count). The van der Waals surface area contributed by atoms with Crippen molar-refractivity contribution in [1.82, 2.24) is 0 Å². The number of halogens is 1. The Morgan fingerprint density at radius 3 is 2.56 bits per heavy atom. The number of carbonyl (C=O) groups excluding carboxylic acids is 2. The fourth-order valence-corrected chi connectivity index (χ4v) is 8.28. The largest absolute Gasteiger partial charge is 0.313 e. The lowest BCUT2D eigenvalue weighted by molar-refractivity contribution is -0.121. The summed E-state index contributed by atoms with van der Waals surface area (Å²) in [5, 5.41) is 7.75. The van der Waals surface area contributed by atoms with E-state index in [0.29, 0.717) is 42.1 Å². The van der Waals surface area contributed by atoms with Crippen LogP contribution in [-0.4, -0.2) is 24.5 Å². The molecule has 4 aliphatic rings. The van der Waals surface area contributed by atoms with Crippen LogP contribution in [0.15, 0.2) is 53.6 Å². The van der Waals surface area contributed by atoms with Crippen LogP contribution in [0.5, 0.6) is 0 Å². The Hall–Kier alpha value is -2.62. The molecule has 0 radical (unpaired) electrons. The van der Waals surface area contributed by atoms with E-state index in [2.05, 4.69) is 51.6 Å². The lowest BCUT2D eigenvalue weighted by Gasteiger charge is -2.49. The second-order valence-electron chi connectivity index (χ2n) is 15.5. The summed E-state index contributed by atoms with van der Waals surface area (Å²) in [5.74, 6) is 1.84. The Kier molecular flexibility index (Phi) is 10.8. The van der Waals surface area contributed by atoms with Crippen molar-refractivity contribution in [1.29, 1.82) is 5.41 Å². The van der Waals surface area contributed by atoms with Gasteiger partial charge in [0.2, 0.25) is 0 Å². The first-order chi connectivity index (χ1) is 21.6. The van der Waals surface area contributed by atoms with Crippen LogP contribution >= 0.6 is 0 Å². The zero-order chi connectivity index (χ0) is 32.2. The van der Waals surface area contributed by atoms with Gasteiger partial charge in [0.15, 0.2) is 11.6 Å². The molecule has 0 aliphatic heterocycles. The molecule has 0 bridgehead atoms. The van der Waals surface area contributed by atoms with Crippen molar-refractivity contribution < 1.29 is 14.0 Å². The zero-order valence-corrected chi connectivity index (χ0v) is 28.2. The molecule has 0 saturated heterocycles. The van der Waals surface area contributed by atoms with Crippen LogP contribution < -0.4 is 0 Å². The number of benzene rings is 1. The van der Waals surface area contributed by atoms with Crippen molar-refractivity contribution in [2.24, 2.45) is 23.2 Å². The van der Waals surface area contributed by atoms with E-state index in [0.717, 1.165) is 95.5 Å². The Labute approximate surface area is 271 Å². The number of rotatable bonds is 17. The maximum absolute atomic E-state index is 13.5. The van der Waals surface area contributed by atoms with E-state index in [1.807, 2.05) is 6.08 Å². The average molecular weight is 614 g/mol. The van der Waals surface area contributed by atoms with Crippen molar-refractivity contribution in [3.63, 3.8) is 0 Å². The van der Waals surface area contributed by atoms with Crippen LogP contribution in [0.25, 0.3) is 0 Å². The van der Waals surface area contributed by atoms with Crippen molar-refractivity contribution in [2.75, 3.05) is 6.67 Å². The summed E-state index contributed by atoms with van der Waals surface area (Å²) in [6, 6.07) is 7.02. The number of hydrogen-bond donors (Lipinski definition) is 1. The first-order valence-electron chi connectivity index (χ1n) is 18.0. The molecule has 2 atom stereocenters. The lowest BCUT2D eigenvalue weighted by atomic mass is 9.54. The molecule has 1 N–H and O–H groups in total. The molecule has 0 spiro atoms. The predicted molar refractivity (Wildman–Crippen MR) is 184 cm³/mol. The molecule has 0 amide bonds. The molecule has 3 nitrogen and oxygen atoms in total. The highest BCUT2D eigenvalue weighted by molar-refractivity contribution is 6.20. The minimum absolute atomic E-state index is 0.00282. The minimum Gasteiger partial charge on any atom is -0.313 e. The second kappa shape index (κ2) is 14.4. The number of allylic oxidation sites excluding steroid dienone is 5. The van der Waals surface area contributed by atoms with Crippen LogP contribution in [0.1, 0.15) is 140 Å². The predicted octanol–water partition coefficient (Wildman–Crippen LogP) is 10.5. The summed E-state index contributed by atoms with van der Waals surface area (Å²) in [4.78, 5) is 26.6. The van der Waals surface area contributed by atoms with Gasteiger partial charge in [-0.15, -0.1) is 0 Å². The van der Waals surface area contributed by atoms with E-state index in [4.69, 9.17) is 5.41 Å². The van der Waals surface area contributed by atoms with Crippen LogP contribution in [0, 0.1) is 28.6 Å². The van der Waals surface area contributed by atoms with Gasteiger partial charge in [-0.2, -0.15) is 0 Å². The fourth-order valence-electron chi connectivity index (χ4n) is 8.28. The number of Topliss-reactive ketones (excluding diaryl/α,β-unsaturated/α-hetero) is 2.